The molecule has 1 aliphatic carbocycles. The van der Waals surface area contributed by atoms with Crippen LogP contribution in [-0.2, 0) is 0 Å². The highest BCUT2D eigenvalue weighted by molar-refractivity contribution is 5.64. The van der Waals surface area contributed by atoms with Gasteiger partial charge >= 0.3 is 0 Å². The van der Waals surface area contributed by atoms with Gasteiger partial charge in [0.2, 0.25) is 0 Å². The molecule has 23 heavy (non-hydrogen) atoms. The highest BCUT2D eigenvalue weighted by Gasteiger charge is 2.21. The van der Waals surface area contributed by atoms with Crippen LogP contribution in [0.4, 0.5) is 13.2 Å². The number of rotatable bonds is 3. The Bertz CT molecular complexity index is 668. The van der Waals surface area contributed by atoms with Crippen LogP contribution >= 0.6 is 0 Å². The second-order valence-corrected chi connectivity index (χ2v) is 6.49. The van der Waals surface area contributed by atoms with Crippen molar-refractivity contribution in [1.82, 2.24) is 0 Å². The van der Waals surface area contributed by atoms with Crippen LogP contribution in [-0.4, -0.2) is 0 Å². The molecule has 0 amide bonds. The van der Waals surface area contributed by atoms with Crippen molar-refractivity contribution in [2.24, 2.45) is 5.92 Å². The van der Waals surface area contributed by atoms with Crippen LogP contribution in [0.25, 0.3) is 11.1 Å². The molecular formula is C20H21F3. The summed E-state index contributed by atoms with van der Waals surface area (Å²) in [4.78, 5) is 0. The predicted octanol–water partition coefficient (Wildman–Crippen LogP) is 6.45. The van der Waals surface area contributed by atoms with Gasteiger partial charge in [0.1, 0.15) is 5.82 Å². The van der Waals surface area contributed by atoms with Crippen LogP contribution < -0.4 is 0 Å². The van der Waals surface area contributed by atoms with Crippen molar-refractivity contribution >= 4 is 0 Å². The largest absolute Gasteiger partial charge is 0.206 e. The third-order valence-corrected chi connectivity index (χ3v) is 5.13. The molecule has 0 unspecified atom stereocenters. The summed E-state index contributed by atoms with van der Waals surface area (Å²) in [6.07, 6.45) is 6.16. The molecule has 0 aromatic heterocycles. The van der Waals surface area contributed by atoms with Gasteiger partial charge in [-0.05, 0) is 54.7 Å². The quantitative estimate of drug-likeness (QED) is 0.570. The Morgan fingerprint density at radius 2 is 1.43 bits per heavy atom. The molecule has 0 atom stereocenters. The first-order valence-corrected chi connectivity index (χ1v) is 8.33. The number of benzene rings is 2. The Labute approximate surface area is 135 Å². The summed E-state index contributed by atoms with van der Waals surface area (Å²) in [7, 11) is 0. The van der Waals surface area contributed by atoms with Gasteiger partial charge < -0.3 is 0 Å². The molecule has 0 saturated heterocycles. The zero-order valence-electron chi connectivity index (χ0n) is 13.3. The molecule has 1 saturated carbocycles. The molecule has 0 N–H and O–H groups in total. The molecule has 0 heterocycles. The van der Waals surface area contributed by atoms with Crippen molar-refractivity contribution in [2.45, 2.75) is 44.9 Å². The van der Waals surface area contributed by atoms with Crippen LogP contribution in [0.3, 0.4) is 0 Å². The number of halogens is 3. The Balaban J connectivity index is 1.79. The lowest BCUT2D eigenvalue weighted by atomic mass is 9.77. The molecule has 0 radical (unpaired) electrons. The van der Waals surface area contributed by atoms with E-state index in [9.17, 15) is 13.2 Å². The van der Waals surface area contributed by atoms with Crippen LogP contribution in [0.1, 0.15) is 50.5 Å². The summed E-state index contributed by atoms with van der Waals surface area (Å²) in [5.74, 6) is -1.51. The summed E-state index contributed by atoms with van der Waals surface area (Å²) in [5, 5.41) is 0. The molecule has 0 nitrogen and oxygen atoms in total. The van der Waals surface area contributed by atoms with Crippen molar-refractivity contribution < 1.29 is 13.2 Å². The van der Waals surface area contributed by atoms with Crippen LogP contribution in [0, 0.1) is 23.4 Å². The van der Waals surface area contributed by atoms with Gasteiger partial charge in [0.15, 0.2) is 11.6 Å². The Morgan fingerprint density at radius 1 is 0.826 bits per heavy atom. The smallest absolute Gasteiger partial charge is 0.161 e. The molecular weight excluding hydrogens is 297 g/mol. The monoisotopic (exact) mass is 318 g/mol. The minimum Gasteiger partial charge on any atom is -0.206 e. The van der Waals surface area contributed by atoms with Gasteiger partial charge in [0.25, 0.3) is 0 Å². The van der Waals surface area contributed by atoms with Crippen molar-refractivity contribution in [3.8, 4) is 11.1 Å². The first-order valence-electron chi connectivity index (χ1n) is 8.33. The fourth-order valence-corrected chi connectivity index (χ4v) is 3.58. The lowest BCUT2D eigenvalue weighted by molar-refractivity contribution is 0.319. The van der Waals surface area contributed by atoms with E-state index in [0.29, 0.717) is 17.5 Å². The van der Waals surface area contributed by atoms with Gasteiger partial charge in [-0.15, -0.1) is 0 Å². The van der Waals surface area contributed by atoms with E-state index in [1.54, 1.807) is 12.1 Å². The van der Waals surface area contributed by atoms with Crippen LogP contribution in [0.5, 0.6) is 0 Å². The van der Waals surface area contributed by atoms with E-state index in [-0.39, 0.29) is 5.56 Å². The lowest BCUT2D eigenvalue weighted by Crippen LogP contribution is -2.12. The summed E-state index contributed by atoms with van der Waals surface area (Å²) >= 11 is 0. The van der Waals surface area contributed by atoms with Crippen LogP contribution in [0.15, 0.2) is 36.4 Å². The first-order chi connectivity index (χ1) is 11.1. The molecule has 2 aromatic rings. The highest BCUT2D eigenvalue weighted by Crippen LogP contribution is 2.37. The van der Waals surface area contributed by atoms with E-state index in [1.807, 2.05) is 12.1 Å². The van der Waals surface area contributed by atoms with Crippen molar-refractivity contribution in [1.29, 1.82) is 0 Å². The van der Waals surface area contributed by atoms with E-state index in [0.717, 1.165) is 12.0 Å². The lowest BCUT2D eigenvalue weighted by Gasteiger charge is -2.28. The van der Waals surface area contributed by atoms with Crippen molar-refractivity contribution in [3.05, 3.63) is 59.4 Å². The molecule has 0 spiro atoms. The Hall–Kier alpha value is -1.77. The molecule has 1 fully saturated rings. The van der Waals surface area contributed by atoms with Gasteiger partial charge in [-0.2, -0.15) is 0 Å². The summed E-state index contributed by atoms with van der Waals surface area (Å²) in [5.41, 5.74) is 1.93. The molecule has 0 aliphatic heterocycles. The van der Waals surface area contributed by atoms with Gasteiger partial charge in [0.05, 0.1) is 0 Å². The zero-order chi connectivity index (χ0) is 16.4. The third-order valence-electron chi connectivity index (χ3n) is 5.13. The molecule has 1 aliphatic rings. The van der Waals surface area contributed by atoms with Gasteiger partial charge in [-0.1, -0.05) is 37.6 Å². The maximum atomic E-state index is 13.8. The fraction of sp³-hybridized carbons (Fsp3) is 0.400. The fourth-order valence-electron chi connectivity index (χ4n) is 3.58. The van der Waals surface area contributed by atoms with Crippen LogP contribution in [0.2, 0.25) is 0 Å². The van der Waals surface area contributed by atoms with E-state index < -0.39 is 17.5 Å². The summed E-state index contributed by atoms with van der Waals surface area (Å²) < 4.78 is 40.2. The second kappa shape index (κ2) is 6.77. The topological polar surface area (TPSA) is 0 Å². The molecule has 0 bridgehead atoms. The third kappa shape index (κ3) is 3.44. The molecule has 122 valence electrons. The Morgan fingerprint density at radius 3 is 2.04 bits per heavy atom. The zero-order valence-corrected chi connectivity index (χ0v) is 13.3. The number of hydrogen-bond donors (Lipinski definition) is 0. The molecule has 2 aromatic carbocycles. The second-order valence-electron chi connectivity index (χ2n) is 6.49. The van der Waals surface area contributed by atoms with E-state index >= 15 is 0 Å². The molecule has 3 rings (SSSR count). The predicted molar refractivity (Wildman–Crippen MR) is 86.7 cm³/mol. The summed E-state index contributed by atoms with van der Waals surface area (Å²) in [6, 6.07) is 9.12. The van der Waals surface area contributed by atoms with E-state index in [2.05, 4.69) is 6.92 Å². The standard InChI is InChI=1S/C20H21F3/c1-2-13-3-5-14(6-4-13)15-7-9-16(10-8-15)17-11-19(22)20(23)12-18(17)21/h7-14H,2-6H2,1H3. The van der Waals surface area contributed by atoms with Gasteiger partial charge in [0, 0.05) is 11.6 Å². The molecule has 3 heteroatoms. The highest BCUT2D eigenvalue weighted by atomic mass is 19.2. The maximum Gasteiger partial charge on any atom is 0.161 e. The Kier molecular flexibility index (Phi) is 4.74. The van der Waals surface area contributed by atoms with E-state index in [4.69, 9.17) is 0 Å². The minimum atomic E-state index is -1.16. The van der Waals surface area contributed by atoms with Crippen molar-refractivity contribution in [3.63, 3.8) is 0 Å². The van der Waals surface area contributed by atoms with E-state index in [1.165, 1.54) is 37.7 Å². The SMILES string of the molecule is CCC1CCC(c2ccc(-c3cc(F)c(F)cc3F)cc2)CC1. The number of hydrogen-bond acceptors (Lipinski definition) is 0. The minimum absolute atomic E-state index is 0.102. The average molecular weight is 318 g/mol. The first kappa shape index (κ1) is 16.1. The van der Waals surface area contributed by atoms with Gasteiger partial charge in [-0.25, -0.2) is 13.2 Å². The maximum absolute atomic E-state index is 13.8. The average Bonchev–Trinajstić information content (AvgIpc) is 2.58. The van der Waals surface area contributed by atoms with Crippen molar-refractivity contribution in [2.75, 3.05) is 0 Å². The summed E-state index contributed by atoms with van der Waals surface area (Å²) in [6.45, 7) is 2.25. The normalized spacial score (nSPS) is 21.4. The van der Waals surface area contributed by atoms with Gasteiger partial charge in [-0.3, -0.25) is 0 Å².